The Morgan fingerprint density at radius 3 is 2.35 bits per heavy atom. The summed E-state index contributed by atoms with van der Waals surface area (Å²) in [6, 6.07) is 28.9. The van der Waals surface area contributed by atoms with E-state index in [1.165, 1.54) is 0 Å². The monoisotopic (exact) mass is 407 g/mol. The van der Waals surface area contributed by atoms with Crippen LogP contribution < -0.4 is 5.32 Å². The van der Waals surface area contributed by atoms with Crippen molar-refractivity contribution >= 4 is 16.9 Å². The number of imidazole rings is 1. The number of aromatic nitrogens is 4. The van der Waals surface area contributed by atoms with E-state index in [4.69, 9.17) is 4.98 Å². The first-order valence-electron chi connectivity index (χ1n) is 10.1. The number of amides is 1. The van der Waals surface area contributed by atoms with Crippen molar-refractivity contribution in [2.75, 3.05) is 0 Å². The Bertz CT molecular complexity index is 1340. The summed E-state index contributed by atoms with van der Waals surface area (Å²) >= 11 is 0. The predicted molar refractivity (Wildman–Crippen MR) is 120 cm³/mol. The van der Waals surface area contributed by atoms with Crippen LogP contribution in [0.3, 0.4) is 0 Å². The molecular formula is C25H21N5O. The molecule has 152 valence electrons. The first-order chi connectivity index (χ1) is 15.2. The number of H-pyrrole nitrogens is 1. The van der Waals surface area contributed by atoms with Gasteiger partial charge in [-0.05, 0) is 23.8 Å². The van der Waals surface area contributed by atoms with Crippen molar-refractivity contribution in [1.82, 2.24) is 25.1 Å². The van der Waals surface area contributed by atoms with Crippen LogP contribution in [0.4, 0.5) is 0 Å². The minimum Gasteiger partial charge on any atom is -0.337 e. The number of carbonyl (C=O) groups is 1. The second kappa shape index (κ2) is 7.91. The van der Waals surface area contributed by atoms with Crippen LogP contribution in [0.2, 0.25) is 0 Å². The molecule has 6 heteroatoms. The molecule has 2 N–H and O–H groups in total. The first-order valence-corrected chi connectivity index (χ1v) is 10.1. The van der Waals surface area contributed by atoms with Gasteiger partial charge < -0.3 is 9.88 Å². The van der Waals surface area contributed by atoms with E-state index in [0.29, 0.717) is 5.69 Å². The van der Waals surface area contributed by atoms with E-state index in [0.717, 1.165) is 33.7 Å². The Balaban J connectivity index is 1.50. The van der Waals surface area contributed by atoms with Gasteiger partial charge in [-0.3, -0.25) is 9.89 Å². The van der Waals surface area contributed by atoms with Crippen molar-refractivity contribution in [2.24, 2.45) is 7.05 Å². The fraction of sp³-hybridized carbons (Fsp3) is 0.0800. The third-order valence-electron chi connectivity index (χ3n) is 5.38. The smallest absolute Gasteiger partial charge is 0.270 e. The average molecular weight is 407 g/mol. The van der Waals surface area contributed by atoms with E-state index < -0.39 is 6.04 Å². The van der Waals surface area contributed by atoms with Gasteiger partial charge in [0.2, 0.25) is 0 Å². The molecule has 6 nitrogen and oxygen atoms in total. The highest BCUT2D eigenvalue weighted by molar-refractivity contribution is 5.94. The lowest BCUT2D eigenvalue weighted by molar-refractivity contribution is 0.0936. The first kappa shape index (κ1) is 18.8. The van der Waals surface area contributed by atoms with Gasteiger partial charge in [-0.1, -0.05) is 72.8 Å². The van der Waals surface area contributed by atoms with Gasteiger partial charge in [0.25, 0.3) is 5.91 Å². The van der Waals surface area contributed by atoms with E-state index in [-0.39, 0.29) is 5.91 Å². The highest BCUT2D eigenvalue weighted by Crippen LogP contribution is 2.25. The molecule has 3 aromatic carbocycles. The molecule has 0 saturated carbocycles. The zero-order chi connectivity index (χ0) is 21.2. The third kappa shape index (κ3) is 3.59. The molecule has 0 spiro atoms. The Labute approximate surface area is 179 Å². The van der Waals surface area contributed by atoms with Gasteiger partial charge in [0.1, 0.15) is 17.6 Å². The van der Waals surface area contributed by atoms with Crippen LogP contribution in [0.1, 0.15) is 27.9 Å². The zero-order valence-electron chi connectivity index (χ0n) is 17.0. The van der Waals surface area contributed by atoms with E-state index >= 15 is 0 Å². The molecule has 2 aromatic heterocycles. The van der Waals surface area contributed by atoms with Crippen LogP contribution in [-0.2, 0) is 7.05 Å². The largest absolute Gasteiger partial charge is 0.337 e. The molecular weight excluding hydrogens is 386 g/mol. The molecule has 5 rings (SSSR count). The number of para-hydroxylation sites is 2. The predicted octanol–water partition coefficient (Wildman–Crippen LogP) is 4.48. The topological polar surface area (TPSA) is 75.6 Å². The molecule has 5 aromatic rings. The van der Waals surface area contributed by atoms with Gasteiger partial charge in [0, 0.05) is 12.6 Å². The number of nitrogens with zero attached hydrogens (tertiary/aromatic N) is 3. The molecule has 0 aliphatic carbocycles. The molecule has 2 heterocycles. The van der Waals surface area contributed by atoms with Crippen molar-refractivity contribution in [3.05, 3.63) is 108 Å². The van der Waals surface area contributed by atoms with Gasteiger partial charge in [-0.25, -0.2) is 4.98 Å². The van der Waals surface area contributed by atoms with E-state index in [1.54, 1.807) is 6.07 Å². The number of benzene rings is 3. The molecule has 0 aliphatic heterocycles. The second-order valence-electron chi connectivity index (χ2n) is 7.37. The van der Waals surface area contributed by atoms with Gasteiger partial charge in [-0.2, -0.15) is 5.10 Å². The molecule has 0 fully saturated rings. The van der Waals surface area contributed by atoms with Crippen LogP contribution >= 0.6 is 0 Å². The van der Waals surface area contributed by atoms with Crippen LogP contribution in [0.15, 0.2) is 91.0 Å². The second-order valence-corrected chi connectivity index (χ2v) is 7.37. The summed E-state index contributed by atoms with van der Waals surface area (Å²) in [5, 5.41) is 10.3. The minimum absolute atomic E-state index is 0.240. The summed E-state index contributed by atoms with van der Waals surface area (Å²) in [6.45, 7) is 0. The van der Waals surface area contributed by atoms with Crippen molar-refractivity contribution in [2.45, 2.75) is 6.04 Å². The quantitative estimate of drug-likeness (QED) is 0.451. The Kier molecular flexibility index (Phi) is 4.80. The number of aryl methyl sites for hydroxylation is 1. The number of nitrogens with one attached hydrogen (secondary N) is 2. The highest BCUT2D eigenvalue weighted by atomic mass is 16.2. The van der Waals surface area contributed by atoms with Crippen molar-refractivity contribution in [1.29, 1.82) is 0 Å². The maximum absolute atomic E-state index is 13.2. The molecule has 1 amide bonds. The normalized spacial score (nSPS) is 12.0. The maximum Gasteiger partial charge on any atom is 0.270 e. The third-order valence-corrected chi connectivity index (χ3v) is 5.38. The number of hydrogen-bond donors (Lipinski definition) is 2. The molecule has 0 radical (unpaired) electrons. The number of aromatic amines is 1. The number of rotatable bonds is 5. The lowest BCUT2D eigenvalue weighted by Crippen LogP contribution is -2.31. The Hall–Kier alpha value is -4.19. The summed E-state index contributed by atoms with van der Waals surface area (Å²) in [7, 11) is 1.97. The number of fused-ring (bicyclic) bond motifs is 1. The Morgan fingerprint density at radius 1 is 0.935 bits per heavy atom. The summed E-state index contributed by atoms with van der Waals surface area (Å²) in [5.41, 5.74) is 4.94. The lowest BCUT2D eigenvalue weighted by atomic mass is 10.1. The summed E-state index contributed by atoms with van der Waals surface area (Å²) in [5.74, 6) is 0.527. The highest BCUT2D eigenvalue weighted by Gasteiger charge is 2.24. The van der Waals surface area contributed by atoms with Crippen molar-refractivity contribution in [3.8, 4) is 11.3 Å². The summed E-state index contributed by atoms with van der Waals surface area (Å²) in [6.07, 6.45) is 0. The fourth-order valence-electron chi connectivity index (χ4n) is 3.77. The average Bonchev–Trinajstić information content (AvgIpc) is 3.44. The lowest BCUT2D eigenvalue weighted by Gasteiger charge is -2.19. The van der Waals surface area contributed by atoms with E-state index in [1.807, 2.05) is 96.5 Å². The zero-order valence-corrected chi connectivity index (χ0v) is 17.0. The number of hydrogen-bond acceptors (Lipinski definition) is 3. The van der Waals surface area contributed by atoms with E-state index in [2.05, 4.69) is 15.5 Å². The van der Waals surface area contributed by atoms with E-state index in [9.17, 15) is 4.79 Å². The van der Waals surface area contributed by atoms with Gasteiger partial charge in [0.05, 0.1) is 16.7 Å². The van der Waals surface area contributed by atoms with Crippen molar-refractivity contribution in [3.63, 3.8) is 0 Å². The van der Waals surface area contributed by atoms with Crippen LogP contribution in [-0.4, -0.2) is 25.7 Å². The summed E-state index contributed by atoms with van der Waals surface area (Å²) in [4.78, 5) is 18.0. The molecule has 0 bridgehead atoms. The minimum atomic E-state index is -0.408. The van der Waals surface area contributed by atoms with Gasteiger partial charge in [0.15, 0.2) is 0 Å². The Morgan fingerprint density at radius 2 is 1.61 bits per heavy atom. The molecule has 1 unspecified atom stereocenters. The van der Waals surface area contributed by atoms with Crippen molar-refractivity contribution < 1.29 is 4.79 Å². The van der Waals surface area contributed by atoms with Gasteiger partial charge >= 0.3 is 0 Å². The van der Waals surface area contributed by atoms with Crippen LogP contribution in [0.5, 0.6) is 0 Å². The van der Waals surface area contributed by atoms with Crippen LogP contribution in [0.25, 0.3) is 22.3 Å². The van der Waals surface area contributed by atoms with Gasteiger partial charge in [-0.15, -0.1) is 0 Å². The fourth-order valence-corrected chi connectivity index (χ4v) is 3.77. The SMILES string of the molecule is Cn1c(C(NC(=O)c2cc(-c3ccccc3)n[nH]2)c2ccccc2)nc2ccccc21. The molecule has 1 atom stereocenters. The standard InChI is InChI=1S/C25H21N5O/c1-30-22-15-9-8-14-19(22)26-24(30)23(18-12-6-3-7-13-18)27-25(31)21-16-20(28-29-21)17-10-4-2-5-11-17/h2-16,23H,1H3,(H,27,31)(H,28,29). The molecule has 0 aliphatic rings. The molecule has 31 heavy (non-hydrogen) atoms. The maximum atomic E-state index is 13.2. The van der Waals surface area contributed by atoms with Crippen LogP contribution in [0, 0.1) is 0 Å². The summed E-state index contributed by atoms with van der Waals surface area (Å²) < 4.78 is 2.02. The number of carbonyl (C=O) groups excluding carboxylic acids is 1. The molecule has 0 saturated heterocycles.